The van der Waals surface area contributed by atoms with Crippen molar-refractivity contribution in [2.24, 2.45) is 0 Å². The van der Waals surface area contributed by atoms with Crippen LogP contribution in [-0.2, 0) is 11.2 Å². The lowest BCUT2D eigenvalue weighted by atomic mass is 9.92. The molecule has 0 aliphatic rings. The van der Waals surface area contributed by atoms with Crippen LogP contribution in [0, 0.1) is 5.82 Å². The first-order chi connectivity index (χ1) is 8.62. The molecule has 19 heavy (non-hydrogen) atoms. The third-order valence-corrected chi connectivity index (χ3v) is 2.60. The Morgan fingerprint density at radius 2 is 2.00 bits per heavy atom. The summed E-state index contributed by atoms with van der Waals surface area (Å²) in [5.74, 6) is -2.00. The van der Waals surface area contributed by atoms with E-state index in [9.17, 15) is 22.4 Å². The molecule has 0 saturated carbocycles. The normalized spacial score (nSPS) is 15.0. The summed E-state index contributed by atoms with van der Waals surface area (Å²) in [4.78, 5) is 11.1. The fourth-order valence-electron chi connectivity index (χ4n) is 1.56. The number of halogens is 4. The molecule has 1 atom stereocenters. The Labute approximate surface area is 107 Å². The van der Waals surface area contributed by atoms with Crippen molar-refractivity contribution in [3.05, 3.63) is 35.6 Å². The number of carbonyl (C=O) groups is 1. The van der Waals surface area contributed by atoms with Crippen molar-refractivity contribution in [3.8, 4) is 0 Å². The molecule has 1 aromatic rings. The molecule has 0 saturated heterocycles. The Kier molecular flexibility index (Phi) is 4.52. The van der Waals surface area contributed by atoms with Crippen LogP contribution in [0.15, 0.2) is 24.3 Å². The summed E-state index contributed by atoms with van der Waals surface area (Å²) in [5.41, 5.74) is -1.51. The third kappa shape index (κ3) is 4.86. The molecule has 0 bridgehead atoms. The van der Waals surface area contributed by atoms with E-state index in [1.807, 2.05) is 5.32 Å². The van der Waals surface area contributed by atoms with Crippen molar-refractivity contribution < 1.29 is 27.5 Å². The molecule has 0 aliphatic carbocycles. The standard InChI is InChI=1S/C12H13F4NO2/c1-11(10(18)19,17-7-12(14,15)16)6-8-3-2-4-9(13)5-8/h2-5,17H,6-7H2,1H3,(H,18,19). The number of benzene rings is 1. The summed E-state index contributed by atoms with van der Waals surface area (Å²) in [6, 6.07) is 5.09. The molecule has 0 radical (unpaired) electrons. The zero-order valence-corrected chi connectivity index (χ0v) is 10.1. The van der Waals surface area contributed by atoms with Crippen molar-refractivity contribution in [2.75, 3.05) is 6.54 Å². The molecule has 1 aromatic carbocycles. The fraction of sp³-hybridized carbons (Fsp3) is 0.417. The van der Waals surface area contributed by atoms with Crippen LogP contribution in [0.3, 0.4) is 0 Å². The Balaban J connectivity index is 2.85. The molecule has 3 nitrogen and oxygen atoms in total. The van der Waals surface area contributed by atoms with E-state index in [4.69, 9.17) is 5.11 Å². The van der Waals surface area contributed by atoms with E-state index < -0.39 is 30.0 Å². The minimum Gasteiger partial charge on any atom is -0.480 e. The van der Waals surface area contributed by atoms with Crippen LogP contribution in [0.2, 0.25) is 0 Å². The van der Waals surface area contributed by atoms with Gasteiger partial charge in [0, 0.05) is 6.42 Å². The Bertz CT molecular complexity index is 461. The molecule has 1 rings (SSSR count). The Hall–Kier alpha value is -1.63. The van der Waals surface area contributed by atoms with Gasteiger partial charge in [0.1, 0.15) is 11.4 Å². The minimum atomic E-state index is -4.52. The van der Waals surface area contributed by atoms with Crippen molar-refractivity contribution in [1.29, 1.82) is 0 Å². The van der Waals surface area contributed by atoms with Gasteiger partial charge in [0.15, 0.2) is 0 Å². The number of hydrogen-bond donors (Lipinski definition) is 2. The highest BCUT2D eigenvalue weighted by Gasteiger charge is 2.37. The maximum atomic E-state index is 13.0. The van der Waals surface area contributed by atoms with Crippen LogP contribution in [0.4, 0.5) is 17.6 Å². The minimum absolute atomic E-state index is 0.254. The van der Waals surface area contributed by atoms with E-state index in [2.05, 4.69) is 0 Å². The van der Waals surface area contributed by atoms with Gasteiger partial charge < -0.3 is 5.11 Å². The van der Waals surface area contributed by atoms with Gasteiger partial charge in [0.2, 0.25) is 0 Å². The average Bonchev–Trinajstić information content (AvgIpc) is 2.25. The van der Waals surface area contributed by atoms with Gasteiger partial charge in [-0.25, -0.2) is 4.39 Å². The highest BCUT2D eigenvalue weighted by atomic mass is 19.4. The Morgan fingerprint density at radius 1 is 1.37 bits per heavy atom. The molecule has 0 heterocycles. The van der Waals surface area contributed by atoms with Crippen LogP contribution in [-0.4, -0.2) is 29.3 Å². The van der Waals surface area contributed by atoms with Crippen LogP contribution in [0.1, 0.15) is 12.5 Å². The van der Waals surface area contributed by atoms with Crippen LogP contribution in [0.5, 0.6) is 0 Å². The number of alkyl halides is 3. The number of nitrogens with one attached hydrogen (secondary N) is 1. The third-order valence-electron chi connectivity index (χ3n) is 2.60. The predicted octanol–water partition coefficient (Wildman–Crippen LogP) is 2.36. The second-order valence-corrected chi connectivity index (χ2v) is 4.41. The Morgan fingerprint density at radius 3 is 2.47 bits per heavy atom. The highest BCUT2D eigenvalue weighted by Crippen LogP contribution is 2.18. The summed E-state index contributed by atoms with van der Waals surface area (Å²) in [6.45, 7) is -0.295. The maximum Gasteiger partial charge on any atom is 0.401 e. The summed E-state index contributed by atoms with van der Waals surface area (Å²) < 4.78 is 49.4. The van der Waals surface area contributed by atoms with E-state index in [1.165, 1.54) is 18.2 Å². The lowest BCUT2D eigenvalue weighted by Crippen LogP contribution is -2.54. The van der Waals surface area contributed by atoms with Gasteiger partial charge in [-0.2, -0.15) is 13.2 Å². The van der Waals surface area contributed by atoms with Gasteiger partial charge in [-0.15, -0.1) is 0 Å². The summed E-state index contributed by atoms with van der Waals surface area (Å²) >= 11 is 0. The SMILES string of the molecule is CC(Cc1cccc(F)c1)(NCC(F)(F)F)C(=O)O. The van der Waals surface area contributed by atoms with Gasteiger partial charge in [0.05, 0.1) is 6.54 Å². The first-order valence-electron chi connectivity index (χ1n) is 5.42. The number of rotatable bonds is 5. The number of hydrogen-bond acceptors (Lipinski definition) is 2. The van der Waals surface area contributed by atoms with Gasteiger partial charge >= 0.3 is 12.1 Å². The van der Waals surface area contributed by atoms with E-state index in [0.717, 1.165) is 13.0 Å². The predicted molar refractivity (Wildman–Crippen MR) is 60.2 cm³/mol. The lowest BCUT2D eigenvalue weighted by Gasteiger charge is -2.27. The smallest absolute Gasteiger partial charge is 0.401 e. The quantitative estimate of drug-likeness (QED) is 0.813. The van der Waals surface area contributed by atoms with Crippen molar-refractivity contribution in [3.63, 3.8) is 0 Å². The topological polar surface area (TPSA) is 49.3 Å². The molecule has 0 amide bonds. The van der Waals surface area contributed by atoms with Gasteiger partial charge in [-0.05, 0) is 24.6 Å². The zero-order valence-electron chi connectivity index (χ0n) is 10.1. The molecular weight excluding hydrogens is 266 g/mol. The molecule has 0 spiro atoms. The van der Waals surface area contributed by atoms with E-state index in [0.29, 0.717) is 5.56 Å². The van der Waals surface area contributed by atoms with Gasteiger partial charge in [-0.1, -0.05) is 12.1 Å². The first-order valence-corrected chi connectivity index (χ1v) is 5.42. The molecule has 106 valence electrons. The van der Waals surface area contributed by atoms with E-state index in [-0.39, 0.29) is 6.42 Å². The van der Waals surface area contributed by atoms with Gasteiger partial charge in [-0.3, -0.25) is 10.1 Å². The second kappa shape index (κ2) is 5.56. The fourth-order valence-corrected chi connectivity index (χ4v) is 1.56. The largest absolute Gasteiger partial charge is 0.480 e. The van der Waals surface area contributed by atoms with E-state index >= 15 is 0 Å². The molecule has 0 fully saturated rings. The van der Waals surface area contributed by atoms with Crippen molar-refractivity contribution >= 4 is 5.97 Å². The number of aliphatic carboxylic acids is 1. The molecule has 7 heteroatoms. The maximum absolute atomic E-state index is 13.0. The van der Waals surface area contributed by atoms with E-state index in [1.54, 1.807) is 0 Å². The number of carboxylic acids is 1. The molecular formula is C12H13F4NO2. The average molecular weight is 279 g/mol. The molecule has 2 N–H and O–H groups in total. The molecule has 0 aliphatic heterocycles. The summed E-state index contributed by atoms with van der Waals surface area (Å²) in [7, 11) is 0. The second-order valence-electron chi connectivity index (χ2n) is 4.41. The lowest BCUT2D eigenvalue weighted by molar-refractivity contribution is -0.149. The van der Waals surface area contributed by atoms with Crippen molar-refractivity contribution in [1.82, 2.24) is 5.32 Å². The molecule has 1 unspecified atom stereocenters. The highest BCUT2D eigenvalue weighted by molar-refractivity contribution is 5.78. The number of carboxylic acid groups (broad SMARTS) is 1. The zero-order chi connectivity index (χ0) is 14.7. The van der Waals surface area contributed by atoms with Crippen LogP contribution < -0.4 is 5.32 Å². The molecule has 0 aromatic heterocycles. The van der Waals surface area contributed by atoms with Crippen LogP contribution >= 0.6 is 0 Å². The van der Waals surface area contributed by atoms with Crippen molar-refractivity contribution in [2.45, 2.75) is 25.1 Å². The summed E-state index contributed by atoms with van der Waals surface area (Å²) in [6.07, 6.45) is -4.77. The first kappa shape index (κ1) is 15.4. The monoisotopic (exact) mass is 279 g/mol. The van der Waals surface area contributed by atoms with Crippen LogP contribution in [0.25, 0.3) is 0 Å². The summed E-state index contributed by atoms with van der Waals surface area (Å²) in [5, 5.41) is 11.0. The van der Waals surface area contributed by atoms with Gasteiger partial charge in [0.25, 0.3) is 0 Å².